The molecule has 0 amide bonds. The third-order valence-electron chi connectivity index (χ3n) is 3.15. The second kappa shape index (κ2) is 6.29. The minimum Gasteiger partial charge on any atom is -0.332 e. The van der Waals surface area contributed by atoms with Crippen LogP contribution in [0.25, 0.3) is 0 Å². The number of hydrogen-bond donors (Lipinski definition) is 1. The Morgan fingerprint density at radius 2 is 1.76 bits per heavy atom. The second-order valence-electron chi connectivity index (χ2n) is 4.93. The highest BCUT2D eigenvalue weighted by Gasteiger charge is 2.04. The fraction of sp³-hybridized carbons (Fsp3) is 0.118. The minimum absolute atomic E-state index is 0.736. The van der Waals surface area contributed by atoms with Crippen molar-refractivity contribution in [2.24, 2.45) is 0 Å². The molecule has 3 rings (SSSR count). The van der Waals surface area contributed by atoms with E-state index in [4.69, 9.17) is 11.6 Å². The molecule has 4 heteroatoms. The number of aromatic nitrogens is 1. The molecule has 0 unspecified atom stereocenters. The van der Waals surface area contributed by atoms with E-state index in [1.54, 1.807) is 11.3 Å². The Balaban J connectivity index is 1.68. The van der Waals surface area contributed by atoms with E-state index in [1.165, 1.54) is 16.0 Å². The van der Waals surface area contributed by atoms with Crippen LogP contribution in [0.5, 0.6) is 0 Å². The average Bonchev–Trinajstić information content (AvgIpc) is 2.91. The first kappa shape index (κ1) is 14.1. The van der Waals surface area contributed by atoms with E-state index in [2.05, 4.69) is 41.5 Å². The summed E-state index contributed by atoms with van der Waals surface area (Å²) in [6.45, 7) is 2.10. The summed E-state index contributed by atoms with van der Waals surface area (Å²) in [4.78, 5) is 5.67. The number of aryl methyl sites for hydroxylation is 1. The van der Waals surface area contributed by atoms with E-state index in [0.29, 0.717) is 0 Å². The Morgan fingerprint density at radius 1 is 1.05 bits per heavy atom. The first-order chi connectivity index (χ1) is 10.2. The number of rotatable bonds is 4. The summed E-state index contributed by atoms with van der Waals surface area (Å²) >= 11 is 7.56. The van der Waals surface area contributed by atoms with Crippen molar-refractivity contribution in [3.05, 3.63) is 75.8 Å². The molecule has 0 aliphatic rings. The number of benzene rings is 2. The number of anilines is 2. The van der Waals surface area contributed by atoms with Crippen LogP contribution in [0.2, 0.25) is 5.02 Å². The molecule has 0 aliphatic heterocycles. The predicted octanol–water partition coefficient (Wildman–Crippen LogP) is 5.44. The van der Waals surface area contributed by atoms with Crippen molar-refractivity contribution in [2.45, 2.75) is 13.3 Å². The highest BCUT2D eigenvalue weighted by Crippen LogP contribution is 2.25. The van der Waals surface area contributed by atoms with Gasteiger partial charge in [0.2, 0.25) is 0 Å². The van der Waals surface area contributed by atoms with Crippen LogP contribution in [0.4, 0.5) is 10.8 Å². The molecular weight excluding hydrogens is 300 g/mol. The molecule has 2 aromatic carbocycles. The lowest BCUT2D eigenvalue weighted by atomic mass is 10.1. The van der Waals surface area contributed by atoms with Gasteiger partial charge in [0.1, 0.15) is 0 Å². The molecule has 2 nitrogen and oxygen atoms in total. The molecule has 106 valence electrons. The highest BCUT2D eigenvalue weighted by atomic mass is 35.5. The quantitative estimate of drug-likeness (QED) is 0.693. The topological polar surface area (TPSA) is 24.9 Å². The monoisotopic (exact) mass is 314 g/mol. The number of nitrogens with one attached hydrogen (secondary N) is 1. The van der Waals surface area contributed by atoms with Gasteiger partial charge in [0.05, 0.1) is 0 Å². The van der Waals surface area contributed by atoms with Gasteiger partial charge in [-0.15, -0.1) is 11.3 Å². The summed E-state index contributed by atoms with van der Waals surface area (Å²) in [6.07, 6.45) is 2.85. The van der Waals surface area contributed by atoms with E-state index >= 15 is 0 Å². The zero-order valence-corrected chi connectivity index (χ0v) is 13.2. The van der Waals surface area contributed by atoms with Crippen LogP contribution in [0.3, 0.4) is 0 Å². The van der Waals surface area contributed by atoms with Crippen molar-refractivity contribution in [2.75, 3.05) is 5.32 Å². The van der Waals surface area contributed by atoms with Crippen LogP contribution in [-0.2, 0) is 6.42 Å². The van der Waals surface area contributed by atoms with Crippen LogP contribution in [-0.4, -0.2) is 4.98 Å². The van der Waals surface area contributed by atoms with Crippen molar-refractivity contribution < 1.29 is 0 Å². The zero-order chi connectivity index (χ0) is 14.7. The van der Waals surface area contributed by atoms with Gasteiger partial charge in [0.15, 0.2) is 5.13 Å². The zero-order valence-electron chi connectivity index (χ0n) is 11.6. The molecule has 0 bridgehead atoms. The SMILES string of the molecule is Cc1ccc(Cc2cnc(Nc3ccc(Cl)cc3)s2)cc1. The average molecular weight is 315 g/mol. The molecule has 21 heavy (non-hydrogen) atoms. The van der Waals surface area contributed by atoms with Gasteiger partial charge in [0, 0.05) is 28.2 Å². The van der Waals surface area contributed by atoms with Gasteiger partial charge in [-0.25, -0.2) is 4.98 Å². The summed E-state index contributed by atoms with van der Waals surface area (Å²) in [6, 6.07) is 16.2. The van der Waals surface area contributed by atoms with Gasteiger partial charge in [-0.3, -0.25) is 0 Å². The fourth-order valence-corrected chi connectivity index (χ4v) is 3.00. The number of nitrogens with zero attached hydrogens (tertiary/aromatic N) is 1. The predicted molar refractivity (Wildman–Crippen MR) is 90.8 cm³/mol. The largest absolute Gasteiger partial charge is 0.332 e. The van der Waals surface area contributed by atoms with Gasteiger partial charge in [-0.1, -0.05) is 41.4 Å². The van der Waals surface area contributed by atoms with Crippen LogP contribution in [0, 0.1) is 6.92 Å². The maximum atomic E-state index is 5.88. The van der Waals surface area contributed by atoms with E-state index in [-0.39, 0.29) is 0 Å². The molecule has 0 atom stereocenters. The molecule has 0 aliphatic carbocycles. The molecule has 1 aromatic heterocycles. The molecule has 0 saturated carbocycles. The molecule has 0 fully saturated rings. The second-order valence-corrected chi connectivity index (χ2v) is 6.48. The Morgan fingerprint density at radius 3 is 2.48 bits per heavy atom. The Labute approximate surface area is 133 Å². The normalized spacial score (nSPS) is 10.6. The molecule has 1 N–H and O–H groups in total. The first-order valence-corrected chi connectivity index (χ1v) is 7.91. The molecule has 0 spiro atoms. The van der Waals surface area contributed by atoms with E-state index in [0.717, 1.165) is 22.3 Å². The minimum atomic E-state index is 0.736. The smallest absolute Gasteiger partial charge is 0.187 e. The van der Waals surface area contributed by atoms with Gasteiger partial charge >= 0.3 is 0 Å². The van der Waals surface area contributed by atoms with Crippen molar-refractivity contribution in [1.82, 2.24) is 4.98 Å². The third-order valence-corrected chi connectivity index (χ3v) is 4.31. The van der Waals surface area contributed by atoms with Crippen LogP contribution < -0.4 is 5.32 Å². The summed E-state index contributed by atoms with van der Waals surface area (Å²) in [5.74, 6) is 0. The lowest BCUT2D eigenvalue weighted by Crippen LogP contribution is -1.87. The Bertz CT molecular complexity index is 655. The standard InChI is InChI=1S/C17H15ClN2S/c1-12-2-4-13(5-3-12)10-16-11-19-17(21-16)20-15-8-6-14(18)7-9-15/h2-9,11H,10H2,1H3,(H,19,20). The highest BCUT2D eigenvalue weighted by molar-refractivity contribution is 7.15. The molecule has 0 radical (unpaired) electrons. The Hall–Kier alpha value is -1.84. The molecule has 0 saturated heterocycles. The lowest BCUT2D eigenvalue weighted by Gasteiger charge is -2.02. The fourth-order valence-electron chi connectivity index (χ4n) is 2.01. The molecule has 1 heterocycles. The first-order valence-electron chi connectivity index (χ1n) is 6.72. The summed E-state index contributed by atoms with van der Waals surface area (Å²) in [7, 11) is 0. The van der Waals surface area contributed by atoms with Crippen molar-refractivity contribution in [1.29, 1.82) is 0 Å². The van der Waals surface area contributed by atoms with Gasteiger partial charge in [-0.05, 0) is 36.8 Å². The molecule has 3 aromatic rings. The van der Waals surface area contributed by atoms with E-state index in [1.807, 2.05) is 30.5 Å². The van der Waals surface area contributed by atoms with Gasteiger partial charge in [0.25, 0.3) is 0 Å². The number of hydrogen-bond acceptors (Lipinski definition) is 3. The van der Waals surface area contributed by atoms with Gasteiger partial charge < -0.3 is 5.32 Å². The summed E-state index contributed by atoms with van der Waals surface area (Å²) in [5, 5.41) is 4.93. The third kappa shape index (κ3) is 3.84. The number of halogens is 1. The van der Waals surface area contributed by atoms with Gasteiger partial charge in [-0.2, -0.15) is 0 Å². The lowest BCUT2D eigenvalue weighted by molar-refractivity contribution is 1.21. The van der Waals surface area contributed by atoms with Crippen LogP contribution in [0.15, 0.2) is 54.7 Å². The van der Waals surface area contributed by atoms with Crippen molar-refractivity contribution in [3.63, 3.8) is 0 Å². The van der Waals surface area contributed by atoms with E-state index < -0.39 is 0 Å². The van der Waals surface area contributed by atoms with E-state index in [9.17, 15) is 0 Å². The summed E-state index contributed by atoms with van der Waals surface area (Å²) < 4.78 is 0. The van der Waals surface area contributed by atoms with Crippen molar-refractivity contribution in [3.8, 4) is 0 Å². The van der Waals surface area contributed by atoms with Crippen molar-refractivity contribution >= 4 is 33.8 Å². The van der Waals surface area contributed by atoms with Crippen LogP contribution >= 0.6 is 22.9 Å². The number of thiazole rings is 1. The Kier molecular flexibility index (Phi) is 4.23. The maximum Gasteiger partial charge on any atom is 0.187 e. The molecular formula is C17H15ClN2S. The maximum absolute atomic E-state index is 5.88. The van der Waals surface area contributed by atoms with Crippen LogP contribution in [0.1, 0.15) is 16.0 Å². The summed E-state index contributed by atoms with van der Waals surface area (Å²) in [5.41, 5.74) is 3.59.